The van der Waals surface area contributed by atoms with Crippen LogP contribution in [0.15, 0.2) is 12.4 Å². The maximum atomic E-state index is 12.7. The zero-order valence-electron chi connectivity index (χ0n) is 11.1. The number of likely N-dealkylation sites (N-methyl/N-ethyl adjacent to an activating group) is 1. The first kappa shape index (κ1) is 16.1. The van der Waals surface area contributed by atoms with Crippen LogP contribution in [0, 0.1) is 0 Å². The quantitative estimate of drug-likeness (QED) is 0.903. The number of amides is 1. The molecular formula is C12H15F3N2O3. The van der Waals surface area contributed by atoms with E-state index in [4.69, 9.17) is 5.11 Å². The van der Waals surface area contributed by atoms with E-state index >= 15 is 0 Å². The van der Waals surface area contributed by atoms with Crippen LogP contribution in [0.1, 0.15) is 29.8 Å². The Bertz CT molecular complexity index is 505. The normalized spacial score (nSPS) is 11.4. The molecule has 5 nitrogen and oxygen atoms in total. The molecule has 0 saturated carbocycles. The van der Waals surface area contributed by atoms with Gasteiger partial charge < -0.3 is 14.6 Å². The molecule has 1 heterocycles. The number of hydrogen-bond acceptors (Lipinski definition) is 2. The number of carboxylic acids is 1. The van der Waals surface area contributed by atoms with Gasteiger partial charge in [-0.2, -0.15) is 13.2 Å². The van der Waals surface area contributed by atoms with Crippen LogP contribution in [0.25, 0.3) is 0 Å². The third-order valence-electron chi connectivity index (χ3n) is 2.85. The number of aromatic nitrogens is 1. The average molecular weight is 292 g/mol. The number of rotatable bonds is 5. The first-order valence-electron chi connectivity index (χ1n) is 5.98. The molecule has 1 amide bonds. The summed E-state index contributed by atoms with van der Waals surface area (Å²) in [5.41, 5.74) is -2.11. The van der Waals surface area contributed by atoms with E-state index in [1.54, 1.807) is 13.8 Å². The second-order valence-electron chi connectivity index (χ2n) is 4.13. The molecule has 1 N–H and O–H groups in total. The predicted molar refractivity (Wildman–Crippen MR) is 64.3 cm³/mol. The van der Waals surface area contributed by atoms with Crippen LogP contribution in [0.3, 0.4) is 0 Å². The zero-order chi connectivity index (χ0) is 15.5. The van der Waals surface area contributed by atoms with Crippen LogP contribution in [0.2, 0.25) is 0 Å². The number of carbonyl (C=O) groups excluding carboxylic acids is 1. The third-order valence-corrected chi connectivity index (χ3v) is 2.85. The maximum absolute atomic E-state index is 12.7. The highest BCUT2D eigenvalue weighted by Gasteiger charge is 2.37. The van der Waals surface area contributed by atoms with Gasteiger partial charge in [0.05, 0.1) is 11.1 Å². The monoisotopic (exact) mass is 292 g/mol. The van der Waals surface area contributed by atoms with E-state index in [1.165, 1.54) is 4.90 Å². The molecule has 112 valence electrons. The van der Waals surface area contributed by atoms with Crippen molar-refractivity contribution < 1.29 is 27.9 Å². The minimum atomic E-state index is -4.77. The fourth-order valence-electron chi connectivity index (χ4n) is 1.83. The lowest BCUT2D eigenvalue weighted by molar-refractivity contribution is -0.138. The van der Waals surface area contributed by atoms with Crippen molar-refractivity contribution >= 4 is 11.9 Å². The summed E-state index contributed by atoms with van der Waals surface area (Å²) in [5, 5.41) is 8.77. The molecule has 0 saturated heterocycles. The molecule has 0 spiro atoms. The van der Waals surface area contributed by atoms with Crippen LogP contribution in [-0.2, 0) is 17.5 Å². The highest BCUT2D eigenvalue weighted by Crippen LogP contribution is 2.32. The first-order chi connectivity index (χ1) is 9.20. The number of carboxylic acid groups (broad SMARTS) is 1. The number of carbonyl (C=O) groups is 2. The van der Waals surface area contributed by atoms with Crippen molar-refractivity contribution in [2.24, 2.45) is 0 Å². The second-order valence-corrected chi connectivity index (χ2v) is 4.13. The summed E-state index contributed by atoms with van der Waals surface area (Å²) in [6.07, 6.45) is -3.30. The topological polar surface area (TPSA) is 62.5 Å². The second kappa shape index (κ2) is 5.98. The number of aromatic carboxylic acids is 1. The molecule has 0 radical (unpaired) electrons. The van der Waals surface area contributed by atoms with Crippen LogP contribution in [-0.4, -0.2) is 39.5 Å². The number of alkyl halides is 3. The van der Waals surface area contributed by atoms with E-state index in [-0.39, 0.29) is 12.5 Å². The average Bonchev–Trinajstić information content (AvgIpc) is 2.74. The van der Waals surface area contributed by atoms with Crippen LogP contribution in [0.4, 0.5) is 13.2 Å². The molecule has 1 rings (SSSR count). The van der Waals surface area contributed by atoms with E-state index in [1.807, 2.05) is 0 Å². The van der Waals surface area contributed by atoms with Gasteiger partial charge in [-0.3, -0.25) is 4.79 Å². The Labute approximate surface area is 113 Å². The molecule has 8 heteroatoms. The van der Waals surface area contributed by atoms with E-state index in [0.29, 0.717) is 19.3 Å². The van der Waals surface area contributed by atoms with E-state index in [0.717, 1.165) is 10.8 Å². The summed E-state index contributed by atoms with van der Waals surface area (Å²) in [4.78, 5) is 24.0. The molecular weight excluding hydrogens is 277 g/mol. The predicted octanol–water partition coefficient (Wildman–Crippen LogP) is 2.07. The summed E-state index contributed by atoms with van der Waals surface area (Å²) in [5.74, 6) is -2.04. The van der Waals surface area contributed by atoms with Crippen molar-refractivity contribution in [3.8, 4) is 0 Å². The largest absolute Gasteiger partial charge is 0.478 e. The van der Waals surface area contributed by atoms with Gasteiger partial charge in [0.15, 0.2) is 0 Å². The van der Waals surface area contributed by atoms with Crippen molar-refractivity contribution in [1.29, 1.82) is 0 Å². The van der Waals surface area contributed by atoms with Crippen LogP contribution >= 0.6 is 0 Å². The molecule has 0 aliphatic carbocycles. The molecule has 0 bridgehead atoms. The molecule has 0 aromatic carbocycles. The van der Waals surface area contributed by atoms with Gasteiger partial charge in [-0.1, -0.05) is 0 Å². The molecule has 0 unspecified atom stereocenters. The van der Waals surface area contributed by atoms with Crippen molar-refractivity contribution in [2.75, 3.05) is 13.1 Å². The minimum Gasteiger partial charge on any atom is -0.478 e. The lowest BCUT2D eigenvalue weighted by Gasteiger charge is -2.18. The van der Waals surface area contributed by atoms with Crippen molar-refractivity contribution in [3.63, 3.8) is 0 Å². The third kappa shape index (κ3) is 3.52. The highest BCUT2D eigenvalue weighted by atomic mass is 19.4. The molecule has 0 aliphatic heterocycles. The molecule has 0 aliphatic rings. The summed E-state index contributed by atoms with van der Waals surface area (Å²) >= 11 is 0. The van der Waals surface area contributed by atoms with Crippen molar-refractivity contribution in [3.05, 3.63) is 23.5 Å². The Balaban J connectivity index is 3.04. The van der Waals surface area contributed by atoms with Gasteiger partial charge in [-0.25, -0.2) is 4.79 Å². The summed E-state index contributed by atoms with van der Waals surface area (Å²) < 4.78 is 39.0. The number of halogens is 3. The molecule has 0 fully saturated rings. The van der Waals surface area contributed by atoms with Gasteiger partial charge in [0.25, 0.3) is 0 Å². The Morgan fingerprint density at radius 2 is 1.80 bits per heavy atom. The standard InChI is InChI=1S/C12H15F3N2O3/c1-3-17(4-2)10(18)7-16-5-8(11(19)20)9(6-16)12(13,14)15/h5-6H,3-4,7H2,1-2H3,(H,19,20). The Morgan fingerprint density at radius 3 is 2.15 bits per heavy atom. The lowest BCUT2D eigenvalue weighted by Crippen LogP contribution is -2.33. The van der Waals surface area contributed by atoms with Gasteiger partial charge in [0.2, 0.25) is 5.91 Å². The first-order valence-corrected chi connectivity index (χ1v) is 5.98. The van der Waals surface area contributed by atoms with Crippen molar-refractivity contribution in [1.82, 2.24) is 9.47 Å². The maximum Gasteiger partial charge on any atom is 0.418 e. The fraction of sp³-hybridized carbons (Fsp3) is 0.500. The molecule has 1 aromatic rings. The van der Waals surface area contributed by atoms with Gasteiger partial charge in [-0.15, -0.1) is 0 Å². The summed E-state index contributed by atoms with van der Waals surface area (Å²) in [6, 6.07) is 0. The summed E-state index contributed by atoms with van der Waals surface area (Å²) in [7, 11) is 0. The van der Waals surface area contributed by atoms with Crippen LogP contribution < -0.4 is 0 Å². The smallest absolute Gasteiger partial charge is 0.418 e. The minimum absolute atomic E-state index is 0.321. The SMILES string of the molecule is CCN(CC)C(=O)Cn1cc(C(=O)O)c(C(F)(F)F)c1. The molecule has 1 aromatic heterocycles. The number of hydrogen-bond donors (Lipinski definition) is 1. The van der Waals surface area contributed by atoms with Crippen molar-refractivity contribution in [2.45, 2.75) is 26.6 Å². The molecule has 20 heavy (non-hydrogen) atoms. The molecule has 0 atom stereocenters. The van der Waals surface area contributed by atoms with E-state index in [9.17, 15) is 22.8 Å². The van der Waals surface area contributed by atoms with Gasteiger partial charge >= 0.3 is 12.1 Å². The lowest BCUT2D eigenvalue weighted by atomic mass is 10.2. The zero-order valence-corrected chi connectivity index (χ0v) is 11.1. The van der Waals surface area contributed by atoms with E-state index < -0.39 is 23.3 Å². The Morgan fingerprint density at radius 1 is 1.25 bits per heavy atom. The fourth-order valence-corrected chi connectivity index (χ4v) is 1.83. The van der Waals surface area contributed by atoms with E-state index in [2.05, 4.69) is 0 Å². The van der Waals surface area contributed by atoms with Gasteiger partial charge in [-0.05, 0) is 13.8 Å². The Hall–Kier alpha value is -1.99. The number of nitrogens with zero attached hydrogens (tertiary/aromatic N) is 2. The highest BCUT2D eigenvalue weighted by molar-refractivity contribution is 5.89. The van der Waals surface area contributed by atoms with Gasteiger partial charge in [0.1, 0.15) is 6.54 Å². The summed E-state index contributed by atoms with van der Waals surface area (Å²) in [6.45, 7) is 4.06. The Kier molecular flexibility index (Phi) is 4.80. The van der Waals surface area contributed by atoms with Gasteiger partial charge in [0, 0.05) is 25.5 Å². The van der Waals surface area contributed by atoms with Crippen LogP contribution in [0.5, 0.6) is 0 Å².